The fraction of sp³-hybridized carbons (Fsp3) is 0.429. The highest BCUT2D eigenvalue weighted by Crippen LogP contribution is 2.24. The van der Waals surface area contributed by atoms with Gasteiger partial charge in [-0.15, -0.1) is 11.3 Å². The Labute approximate surface area is 174 Å². The van der Waals surface area contributed by atoms with Crippen LogP contribution in [0.3, 0.4) is 0 Å². The van der Waals surface area contributed by atoms with Crippen LogP contribution in [0.5, 0.6) is 0 Å². The maximum absolute atomic E-state index is 12.7. The number of nitrogens with one attached hydrogen (secondary N) is 2. The molecule has 1 atom stereocenters. The van der Waals surface area contributed by atoms with Crippen molar-refractivity contribution in [3.8, 4) is 0 Å². The van der Waals surface area contributed by atoms with E-state index in [4.69, 9.17) is 0 Å². The van der Waals surface area contributed by atoms with Gasteiger partial charge >= 0.3 is 0 Å². The number of thiazole rings is 1. The van der Waals surface area contributed by atoms with E-state index in [1.807, 2.05) is 18.2 Å². The van der Waals surface area contributed by atoms with Gasteiger partial charge in [0.05, 0.1) is 12.1 Å². The number of carbonyl (C=O) groups excluding carboxylic acids is 3. The highest BCUT2D eigenvalue weighted by atomic mass is 32.1. The summed E-state index contributed by atoms with van der Waals surface area (Å²) in [4.78, 5) is 42.9. The van der Waals surface area contributed by atoms with Crippen molar-refractivity contribution < 1.29 is 14.4 Å². The molecule has 8 heteroatoms. The highest BCUT2D eigenvalue weighted by Gasteiger charge is 2.21. The lowest BCUT2D eigenvalue weighted by Crippen LogP contribution is -2.42. The molecule has 1 fully saturated rings. The molecule has 1 saturated heterocycles. The van der Waals surface area contributed by atoms with Crippen molar-refractivity contribution in [2.75, 3.05) is 26.2 Å². The second-order valence-electron chi connectivity index (χ2n) is 7.09. The van der Waals surface area contributed by atoms with Gasteiger partial charge in [0.15, 0.2) is 0 Å². The van der Waals surface area contributed by atoms with Gasteiger partial charge in [-0.2, -0.15) is 0 Å². The van der Waals surface area contributed by atoms with Gasteiger partial charge in [0, 0.05) is 31.4 Å². The molecule has 3 amide bonds. The fourth-order valence-electron chi connectivity index (χ4n) is 3.44. The maximum atomic E-state index is 12.7. The van der Waals surface area contributed by atoms with Crippen LogP contribution < -0.4 is 10.6 Å². The molecule has 29 heavy (non-hydrogen) atoms. The van der Waals surface area contributed by atoms with E-state index in [1.54, 1.807) is 10.9 Å². The van der Waals surface area contributed by atoms with Gasteiger partial charge in [-0.3, -0.25) is 14.4 Å². The van der Waals surface area contributed by atoms with Crippen molar-refractivity contribution in [2.45, 2.75) is 31.6 Å². The van der Waals surface area contributed by atoms with Crippen LogP contribution in [0.2, 0.25) is 0 Å². The Bertz CT molecular complexity index is 811. The van der Waals surface area contributed by atoms with Crippen LogP contribution in [0.1, 0.15) is 47.7 Å². The van der Waals surface area contributed by atoms with E-state index in [0.717, 1.165) is 12.8 Å². The first-order chi connectivity index (χ1) is 14.1. The van der Waals surface area contributed by atoms with E-state index < -0.39 is 0 Å². The number of rotatable bonds is 2. The molecule has 1 aromatic carbocycles. The van der Waals surface area contributed by atoms with Crippen molar-refractivity contribution in [3.63, 3.8) is 0 Å². The first kappa shape index (κ1) is 21.0. The molecule has 2 heterocycles. The summed E-state index contributed by atoms with van der Waals surface area (Å²) in [6, 6.07) is 10.1. The number of amides is 3. The zero-order chi connectivity index (χ0) is 20.5. The molecule has 3 rings (SSSR count). The Morgan fingerprint density at radius 3 is 2.62 bits per heavy atom. The zero-order valence-corrected chi connectivity index (χ0v) is 17.1. The van der Waals surface area contributed by atoms with E-state index in [1.165, 1.54) is 21.8 Å². The van der Waals surface area contributed by atoms with E-state index >= 15 is 0 Å². The number of benzene rings is 1. The molecule has 0 spiro atoms. The van der Waals surface area contributed by atoms with Gasteiger partial charge in [-0.25, -0.2) is 4.98 Å². The Morgan fingerprint density at radius 2 is 1.86 bits per heavy atom. The summed E-state index contributed by atoms with van der Waals surface area (Å²) in [5, 5.41) is 7.53. The van der Waals surface area contributed by atoms with Gasteiger partial charge in [-0.05, 0) is 30.7 Å². The predicted molar refractivity (Wildman–Crippen MR) is 112 cm³/mol. The summed E-state index contributed by atoms with van der Waals surface area (Å²) in [5.74, 6) is -0.231. The van der Waals surface area contributed by atoms with E-state index in [2.05, 4.69) is 27.8 Å². The van der Waals surface area contributed by atoms with Gasteiger partial charge in [0.25, 0.3) is 5.91 Å². The molecule has 1 unspecified atom stereocenters. The van der Waals surface area contributed by atoms with E-state index in [-0.39, 0.29) is 30.2 Å². The van der Waals surface area contributed by atoms with Crippen molar-refractivity contribution in [2.24, 2.45) is 0 Å². The van der Waals surface area contributed by atoms with Crippen LogP contribution in [0, 0.1) is 0 Å². The second-order valence-corrected chi connectivity index (χ2v) is 7.81. The summed E-state index contributed by atoms with van der Waals surface area (Å²) >= 11 is 1.34. The monoisotopic (exact) mass is 414 g/mol. The first-order valence-corrected chi connectivity index (χ1v) is 10.8. The minimum absolute atomic E-state index is 0.0136. The summed E-state index contributed by atoms with van der Waals surface area (Å²) < 4.78 is 0. The molecule has 1 aromatic heterocycles. The zero-order valence-electron chi connectivity index (χ0n) is 16.3. The largest absolute Gasteiger partial charge is 0.356 e. The van der Waals surface area contributed by atoms with Crippen LogP contribution in [0.25, 0.3) is 0 Å². The topological polar surface area (TPSA) is 91.4 Å². The minimum Gasteiger partial charge on any atom is -0.356 e. The molecule has 0 aliphatic carbocycles. The number of carbonyl (C=O) groups is 3. The van der Waals surface area contributed by atoms with Crippen LogP contribution in [0.4, 0.5) is 0 Å². The van der Waals surface area contributed by atoms with Gasteiger partial charge < -0.3 is 15.5 Å². The number of hydrogen-bond donors (Lipinski definition) is 2. The maximum Gasteiger partial charge on any atom is 0.273 e. The van der Waals surface area contributed by atoms with Crippen molar-refractivity contribution in [3.05, 3.63) is 52.5 Å². The summed E-state index contributed by atoms with van der Waals surface area (Å²) in [5.41, 5.74) is 3.11. The van der Waals surface area contributed by atoms with Gasteiger partial charge in [0.2, 0.25) is 11.8 Å². The summed E-state index contributed by atoms with van der Waals surface area (Å²) in [6.45, 7) is 1.34. The second kappa shape index (κ2) is 10.7. The van der Waals surface area contributed by atoms with Crippen LogP contribution >= 0.6 is 11.3 Å². The molecule has 7 nitrogen and oxygen atoms in total. The van der Waals surface area contributed by atoms with E-state index in [9.17, 15) is 14.4 Å². The van der Waals surface area contributed by atoms with Crippen molar-refractivity contribution >= 4 is 29.1 Å². The Hall–Kier alpha value is -2.74. The number of aromatic nitrogens is 1. The minimum atomic E-state index is -0.262. The Balaban J connectivity index is 1.67. The molecule has 0 saturated carbocycles. The number of nitrogens with zero attached hydrogens (tertiary/aromatic N) is 2. The van der Waals surface area contributed by atoms with Crippen LogP contribution in [-0.2, 0) is 9.59 Å². The lowest BCUT2D eigenvalue weighted by Gasteiger charge is -2.23. The molecule has 0 bridgehead atoms. The lowest BCUT2D eigenvalue weighted by molar-refractivity contribution is -0.123. The van der Waals surface area contributed by atoms with Crippen molar-refractivity contribution in [1.29, 1.82) is 0 Å². The SMILES string of the molecule is O=C1CCC(c2ccccc2)CCNC(=O)CN(C(=O)c2cscn2)CCCN1. The third-order valence-corrected chi connectivity index (χ3v) is 5.59. The molecular formula is C21H26N4O3S. The third-order valence-electron chi connectivity index (χ3n) is 5.01. The van der Waals surface area contributed by atoms with Crippen LogP contribution in [0.15, 0.2) is 41.2 Å². The molecule has 2 aromatic rings. The van der Waals surface area contributed by atoms with Gasteiger partial charge in [0.1, 0.15) is 5.69 Å². The third kappa shape index (κ3) is 6.39. The normalized spacial score (nSPS) is 19.7. The lowest BCUT2D eigenvalue weighted by atomic mass is 9.91. The standard InChI is InChI=1S/C21H26N4O3S/c26-19-8-7-17(16-5-2-1-3-6-16)9-11-23-20(27)13-25(12-4-10-22-19)21(28)18-14-29-15-24-18/h1-3,5-6,14-15,17H,4,7-13H2,(H,22,26)(H,23,27). The smallest absolute Gasteiger partial charge is 0.273 e. The molecule has 2 N–H and O–H groups in total. The molecular weight excluding hydrogens is 388 g/mol. The average molecular weight is 415 g/mol. The van der Waals surface area contributed by atoms with Gasteiger partial charge in [-0.1, -0.05) is 30.3 Å². The Morgan fingerprint density at radius 1 is 1.07 bits per heavy atom. The molecule has 0 radical (unpaired) electrons. The summed E-state index contributed by atoms with van der Waals surface area (Å²) in [6.07, 6.45) is 2.50. The van der Waals surface area contributed by atoms with Crippen LogP contribution in [-0.4, -0.2) is 53.8 Å². The summed E-state index contributed by atoms with van der Waals surface area (Å²) in [7, 11) is 0. The van der Waals surface area contributed by atoms with Crippen molar-refractivity contribution in [1.82, 2.24) is 20.5 Å². The molecule has 154 valence electrons. The first-order valence-electron chi connectivity index (χ1n) is 9.89. The highest BCUT2D eigenvalue weighted by molar-refractivity contribution is 7.07. The Kier molecular flexibility index (Phi) is 7.75. The quantitative estimate of drug-likeness (QED) is 0.788. The molecule has 1 aliphatic heterocycles. The molecule has 1 aliphatic rings. The predicted octanol–water partition coefficient (Wildman–Crippen LogP) is 2.18. The number of hydrogen-bond acceptors (Lipinski definition) is 5. The average Bonchev–Trinajstić information content (AvgIpc) is 3.27. The fourth-order valence-corrected chi connectivity index (χ4v) is 3.97. The van der Waals surface area contributed by atoms with E-state index in [0.29, 0.717) is 38.2 Å².